The van der Waals surface area contributed by atoms with E-state index in [4.69, 9.17) is 4.74 Å². The molecule has 1 heterocycles. The largest absolute Gasteiger partial charge is 0.480 e. The van der Waals surface area contributed by atoms with Gasteiger partial charge >= 0.3 is 12.1 Å². The van der Waals surface area contributed by atoms with Crippen LogP contribution in [-0.4, -0.2) is 59.7 Å². The second-order valence-corrected chi connectivity index (χ2v) is 9.66. The second kappa shape index (κ2) is 7.07. The number of carbonyl (C=O) groups is 2. The Hall–Kier alpha value is -1.31. The number of rotatable bonds is 5. The third-order valence-corrected chi connectivity index (χ3v) is 5.27. The molecule has 2 unspecified atom stereocenters. The van der Waals surface area contributed by atoms with Gasteiger partial charge in [0, 0.05) is 0 Å². The molecule has 23 heavy (non-hydrogen) atoms. The van der Waals surface area contributed by atoms with Crippen LogP contribution in [0.4, 0.5) is 4.79 Å². The Morgan fingerprint density at radius 3 is 2.22 bits per heavy atom. The quantitative estimate of drug-likeness (QED) is 0.813. The second-order valence-electron chi connectivity index (χ2n) is 7.43. The maximum absolute atomic E-state index is 12.5. The van der Waals surface area contributed by atoms with E-state index < -0.39 is 39.6 Å². The minimum absolute atomic E-state index is 0.0367. The highest BCUT2D eigenvalue weighted by atomic mass is 32.2. The fourth-order valence-corrected chi connectivity index (χ4v) is 4.33. The lowest BCUT2D eigenvalue weighted by Gasteiger charge is -2.35. The third-order valence-electron chi connectivity index (χ3n) is 3.52. The van der Waals surface area contributed by atoms with E-state index in [1.807, 2.05) is 13.8 Å². The molecule has 0 aromatic carbocycles. The number of carboxylic acid groups (broad SMARTS) is 1. The van der Waals surface area contributed by atoms with Gasteiger partial charge in [-0.1, -0.05) is 13.8 Å². The van der Waals surface area contributed by atoms with E-state index in [1.165, 1.54) is 0 Å². The summed E-state index contributed by atoms with van der Waals surface area (Å²) in [4.78, 5) is 25.3. The molecular formula is C15H27NO6S. The van der Waals surface area contributed by atoms with Crippen molar-refractivity contribution < 1.29 is 27.9 Å². The van der Waals surface area contributed by atoms with Crippen LogP contribution in [0.25, 0.3) is 0 Å². The van der Waals surface area contributed by atoms with Crippen molar-refractivity contribution in [2.45, 2.75) is 65.1 Å². The van der Waals surface area contributed by atoms with Crippen molar-refractivity contribution in [1.29, 1.82) is 0 Å². The third kappa shape index (κ3) is 6.01. The van der Waals surface area contributed by atoms with E-state index in [0.29, 0.717) is 0 Å². The average Bonchev–Trinajstić information content (AvgIpc) is 2.65. The van der Waals surface area contributed by atoms with E-state index in [9.17, 15) is 23.1 Å². The fraction of sp³-hybridized carbons (Fsp3) is 0.867. The van der Waals surface area contributed by atoms with Crippen LogP contribution in [0, 0.1) is 5.92 Å². The molecule has 1 rings (SSSR count). The number of hydrogen-bond donors (Lipinski definition) is 1. The van der Waals surface area contributed by atoms with Crippen molar-refractivity contribution in [3.63, 3.8) is 0 Å². The van der Waals surface area contributed by atoms with E-state index in [-0.39, 0.29) is 30.3 Å². The Bertz CT molecular complexity index is 549. The van der Waals surface area contributed by atoms with Crippen LogP contribution in [0.3, 0.4) is 0 Å². The molecular weight excluding hydrogens is 322 g/mol. The van der Waals surface area contributed by atoms with Crippen LogP contribution in [0.15, 0.2) is 0 Å². The SMILES string of the molecule is CC(C)CC(C(=O)O)N(C(=O)OC(C)(C)C)C1CCS(=O)(=O)C1. The first-order chi connectivity index (χ1) is 10.3. The van der Waals surface area contributed by atoms with Gasteiger partial charge in [0.25, 0.3) is 0 Å². The van der Waals surface area contributed by atoms with Gasteiger partial charge in [0.15, 0.2) is 9.84 Å². The molecule has 1 aliphatic rings. The number of nitrogens with zero attached hydrogens (tertiary/aromatic N) is 1. The molecule has 0 saturated carbocycles. The Kier molecular flexibility index (Phi) is 6.06. The van der Waals surface area contributed by atoms with Gasteiger partial charge in [-0.2, -0.15) is 0 Å². The highest BCUT2D eigenvalue weighted by Crippen LogP contribution is 2.25. The van der Waals surface area contributed by atoms with Gasteiger partial charge in [0.05, 0.1) is 17.5 Å². The van der Waals surface area contributed by atoms with E-state index in [2.05, 4.69) is 0 Å². The van der Waals surface area contributed by atoms with Crippen molar-refractivity contribution in [3.8, 4) is 0 Å². The standard InChI is InChI=1S/C15H27NO6S/c1-10(2)8-12(13(17)18)16(14(19)22-15(3,4)5)11-6-7-23(20,21)9-11/h10-12H,6-9H2,1-5H3,(H,17,18). The van der Waals surface area contributed by atoms with Crippen LogP contribution in [0.5, 0.6) is 0 Å². The van der Waals surface area contributed by atoms with Gasteiger partial charge in [-0.15, -0.1) is 0 Å². The summed E-state index contributed by atoms with van der Waals surface area (Å²) in [5, 5.41) is 9.53. The summed E-state index contributed by atoms with van der Waals surface area (Å²) in [5.41, 5.74) is -0.784. The van der Waals surface area contributed by atoms with Crippen molar-refractivity contribution in [3.05, 3.63) is 0 Å². The maximum Gasteiger partial charge on any atom is 0.411 e. The number of sulfone groups is 1. The molecule has 0 radical (unpaired) electrons. The van der Waals surface area contributed by atoms with Crippen LogP contribution in [0.2, 0.25) is 0 Å². The van der Waals surface area contributed by atoms with Crippen molar-refractivity contribution >= 4 is 21.9 Å². The molecule has 0 aromatic rings. The average molecular weight is 349 g/mol. The first kappa shape index (κ1) is 19.7. The van der Waals surface area contributed by atoms with Crippen LogP contribution in [0.1, 0.15) is 47.5 Å². The molecule has 8 heteroatoms. The molecule has 7 nitrogen and oxygen atoms in total. The van der Waals surface area contributed by atoms with Gasteiger partial charge < -0.3 is 9.84 Å². The highest BCUT2D eigenvalue weighted by molar-refractivity contribution is 7.91. The van der Waals surface area contributed by atoms with E-state index in [0.717, 1.165) is 4.90 Å². The summed E-state index contributed by atoms with van der Waals surface area (Å²) in [6.45, 7) is 8.77. The number of aliphatic carboxylic acids is 1. The number of amides is 1. The maximum atomic E-state index is 12.5. The summed E-state index contributed by atoms with van der Waals surface area (Å²) < 4.78 is 28.8. The van der Waals surface area contributed by atoms with Gasteiger partial charge in [0.2, 0.25) is 0 Å². The normalized spacial score (nSPS) is 21.9. The van der Waals surface area contributed by atoms with Gasteiger partial charge in [-0.3, -0.25) is 4.90 Å². The van der Waals surface area contributed by atoms with Gasteiger partial charge in [-0.25, -0.2) is 18.0 Å². The molecule has 1 fully saturated rings. The smallest absolute Gasteiger partial charge is 0.411 e. The summed E-state index contributed by atoms with van der Waals surface area (Å²) in [6, 6.07) is -1.75. The molecule has 0 aromatic heterocycles. The predicted octanol–water partition coefficient (Wildman–Crippen LogP) is 1.91. The predicted molar refractivity (Wildman–Crippen MR) is 86.0 cm³/mol. The zero-order valence-corrected chi connectivity index (χ0v) is 15.2. The van der Waals surface area contributed by atoms with E-state index >= 15 is 0 Å². The van der Waals surface area contributed by atoms with Gasteiger partial charge in [0.1, 0.15) is 11.6 Å². The molecule has 0 aliphatic carbocycles. The lowest BCUT2D eigenvalue weighted by Crippen LogP contribution is -2.53. The molecule has 0 bridgehead atoms. The molecule has 1 aliphatic heterocycles. The summed E-state index contributed by atoms with van der Waals surface area (Å²) in [6.07, 6.45) is -0.290. The molecule has 1 saturated heterocycles. The molecule has 1 amide bonds. The Labute approximate surface area is 137 Å². The summed E-state index contributed by atoms with van der Waals surface area (Å²) in [5.74, 6) is -1.35. The Morgan fingerprint density at radius 2 is 1.87 bits per heavy atom. The summed E-state index contributed by atoms with van der Waals surface area (Å²) in [7, 11) is -3.25. The number of hydrogen-bond acceptors (Lipinski definition) is 5. The topological polar surface area (TPSA) is 101 Å². The zero-order chi connectivity index (χ0) is 18.0. The highest BCUT2D eigenvalue weighted by Gasteiger charge is 2.42. The minimum Gasteiger partial charge on any atom is -0.480 e. The first-order valence-corrected chi connectivity index (χ1v) is 9.59. The molecule has 0 spiro atoms. The first-order valence-electron chi connectivity index (χ1n) is 7.77. The Morgan fingerprint density at radius 1 is 1.30 bits per heavy atom. The number of carboxylic acids is 1. The number of ether oxygens (including phenoxy) is 1. The molecule has 1 N–H and O–H groups in total. The number of carbonyl (C=O) groups excluding carboxylic acids is 1. The summed E-state index contributed by atoms with van der Waals surface area (Å²) >= 11 is 0. The monoisotopic (exact) mass is 349 g/mol. The fourth-order valence-electron chi connectivity index (χ4n) is 2.62. The lowest BCUT2D eigenvalue weighted by molar-refractivity contribution is -0.144. The van der Waals surface area contributed by atoms with Crippen molar-refractivity contribution in [2.24, 2.45) is 5.92 Å². The minimum atomic E-state index is -3.25. The van der Waals surface area contributed by atoms with Gasteiger partial charge in [-0.05, 0) is 39.5 Å². The van der Waals surface area contributed by atoms with Crippen LogP contribution >= 0.6 is 0 Å². The van der Waals surface area contributed by atoms with E-state index in [1.54, 1.807) is 20.8 Å². The van der Waals surface area contributed by atoms with Crippen molar-refractivity contribution in [1.82, 2.24) is 4.90 Å². The van der Waals surface area contributed by atoms with Crippen LogP contribution < -0.4 is 0 Å². The van der Waals surface area contributed by atoms with Crippen LogP contribution in [-0.2, 0) is 19.4 Å². The zero-order valence-electron chi connectivity index (χ0n) is 14.4. The molecule has 134 valence electrons. The lowest BCUT2D eigenvalue weighted by atomic mass is 10.0. The van der Waals surface area contributed by atoms with Crippen molar-refractivity contribution in [2.75, 3.05) is 11.5 Å². The Balaban J connectivity index is 3.13. The molecule has 2 atom stereocenters.